The monoisotopic (exact) mass is 312 g/mol. The Hall–Kier alpha value is -2.47. The lowest BCUT2D eigenvalue weighted by atomic mass is 10.1. The number of aryl methyl sites for hydroxylation is 1. The number of hydrogen-bond donors (Lipinski definition) is 1. The number of aromatic nitrogens is 2. The summed E-state index contributed by atoms with van der Waals surface area (Å²) >= 11 is 0. The molecule has 1 amide bonds. The molecule has 0 spiro atoms. The Morgan fingerprint density at radius 1 is 1.17 bits per heavy atom. The van der Waals surface area contributed by atoms with Crippen molar-refractivity contribution < 1.29 is 9.53 Å². The highest BCUT2D eigenvalue weighted by Crippen LogP contribution is 2.26. The van der Waals surface area contributed by atoms with Gasteiger partial charge in [-0.15, -0.1) is 0 Å². The van der Waals surface area contributed by atoms with Gasteiger partial charge in [-0.1, -0.05) is 12.1 Å². The molecule has 1 N–H and O–H groups in total. The normalized spacial score (nSPS) is 14.5. The van der Waals surface area contributed by atoms with Crippen molar-refractivity contribution in [1.82, 2.24) is 9.97 Å². The maximum atomic E-state index is 12.2. The summed E-state index contributed by atoms with van der Waals surface area (Å²) in [6.07, 6.45) is 6.00. The lowest BCUT2D eigenvalue weighted by molar-refractivity contribution is -0.116. The molecule has 6 heteroatoms. The highest BCUT2D eigenvalue weighted by atomic mass is 16.5. The molecule has 120 valence electrons. The molecular weight excluding hydrogens is 292 g/mol. The molecule has 1 aromatic heterocycles. The van der Waals surface area contributed by atoms with Crippen LogP contribution in [-0.4, -0.2) is 42.2 Å². The number of hydrogen-bond acceptors (Lipinski definition) is 5. The van der Waals surface area contributed by atoms with Gasteiger partial charge in [-0.25, -0.2) is 9.97 Å². The van der Waals surface area contributed by atoms with Gasteiger partial charge in [0.2, 0.25) is 5.91 Å². The summed E-state index contributed by atoms with van der Waals surface area (Å²) in [5.41, 5.74) is 2.86. The van der Waals surface area contributed by atoms with Crippen LogP contribution in [-0.2, 0) is 16.0 Å². The Balaban J connectivity index is 1.62. The minimum absolute atomic E-state index is 0.00503. The SMILES string of the molecule is O=C(CCc1cncnc1)Nc1ccccc1N1CCOCC1. The zero-order valence-electron chi connectivity index (χ0n) is 12.9. The van der Waals surface area contributed by atoms with E-state index in [2.05, 4.69) is 20.2 Å². The molecule has 0 saturated carbocycles. The van der Waals surface area contributed by atoms with Crippen LogP contribution in [0.2, 0.25) is 0 Å². The first-order valence-corrected chi connectivity index (χ1v) is 7.78. The van der Waals surface area contributed by atoms with Gasteiger partial charge in [0.1, 0.15) is 6.33 Å². The number of amides is 1. The van der Waals surface area contributed by atoms with Crippen molar-refractivity contribution in [3.63, 3.8) is 0 Å². The summed E-state index contributed by atoms with van der Waals surface area (Å²) in [7, 11) is 0. The molecule has 0 unspecified atom stereocenters. The fourth-order valence-corrected chi connectivity index (χ4v) is 2.59. The second kappa shape index (κ2) is 7.69. The Morgan fingerprint density at radius 3 is 2.70 bits per heavy atom. The molecule has 3 rings (SSSR count). The molecule has 1 saturated heterocycles. The standard InChI is InChI=1S/C17H20N4O2/c22-17(6-5-14-11-18-13-19-12-14)20-15-3-1-2-4-16(15)21-7-9-23-10-8-21/h1-4,11-13H,5-10H2,(H,20,22). The zero-order valence-corrected chi connectivity index (χ0v) is 12.9. The first-order chi connectivity index (χ1) is 11.3. The maximum Gasteiger partial charge on any atom is 0.224 e. The van der Waals surface area contributed by atoms with Crippen LogP contribution in [0.15, 0.2) is 43.0 Å². The zero-order chi connectivity index (χ0) is 15.9. The fraction of sp³-hybridized carbons (Fsp3) is 0.353. The summed E-state index contributed by atoms with van der Waals surface area (Å²) in [4.78, 5) is 22.4. The molecule has 1 fully saturated rings. The predicted molar refractivity (Wildman–Crippen MR) is 88.5 cm³/mol. The molecule has 2 aromatic rings. The van der Waals surface area contributed by atoms with Crippen molar-refractivity contribution in [3.05, 3.63) is 48.5 Å². The number of benzene rings is 1. The van der Waals surface area contributed by atoms with Crippen molar-refractivity contribution >= 4 is 17.3 Å². The maximum absolute atomic E-state index is 12.2. The van der Waals surface area contributed by atoms with Crippen LogP contribution in [0.4, 0.5) is 11.4 Å². The average molecular weight is 312 g/mol. The molecule has 23 heavy (non-hydrogen) atoms. The van der Waals surface area contributed by atoms with Gasteiger partial charge in [0, 0.05) is 31.9 Å². The molecule has 2 heterocycles. The van der Waals surface area contributed by atoms with E-state index in [0.717, 1.165) is 43.2 Å². The number of morpholine rings is 1. The minimum Gasteiger partial charge on any atom is -0.378 e. The summed E-state index contributed by atoms with van der Waals surface area (Å²) in [6.45, 7) is 3.12. The van der Waals surface area contributed by atoms with E-state index in [1.54, 1.807) is 12.4 Å². The predicted octanol–water partition coefficient (Wildman–Crippen LogP) is 1.88. The van der Waals surface area contributed by atoms with Crippen LogP contribution in [0.25, 0.3) is 0 Å². The summed E-state index contributed by atoms with van der Waals surface area (Å²) in [5, 5.41) is 3.02. The fourth-order valence-electron chi connectivity index (χ4n) is 2.59. The number of ether oxygens (including phenoxy) is 1. The number of nitrogens with zero attached hydrogens (tertiary/aromatic N) is 3. The highest BCUT2D eigenvalue weighted by Gasteiger charge is 2.15. The second-order valence-corrected chi connectivity index (χ2v) is 5.41. The van der Waals surface area contributed by atoms with Crippen molar-refractivity contribution in [1.29, 1.82) is 0 Å². The van der Waals surface area contributed by atoms with Gasteiger partial charge in [-0.05, 0) is 24.1 Å². The molecule has 0 aliphatic carbocycles. The number of carbonyl (C=O) groups excluding carboxylic acids is 1. The van der Waals surface area contributed by atoms with Gasteiger partial charge in [0.15, 0.2) is 0 Å². The Labute approximate surface area is 135 Å². The number of para-hydroxylation sites is 2. The van der Waals surface area contributed by atoms with Crippen LogP contribution >= 0.6 is 0 Å². The van der Waals surface area contributed by atoms with E-state index in [9.17, 15) is 4.79 Å². The van der Waals surface area contributed by atoms with Crippen LogP contribution in [0.5, 0.6) is 0 Å². The molecule has 1 aliphatic rings. The number of anilines is 2. The van der Waals surface area contributed by atoms with Gasteiger partial charge < -0.3 is 15.0 Å². The third-order valence-corrected chi connectivity index (χ3v) is 3.78. The number of rotatable bonds is 5. The number of carbonyl (C=O) groups is 1. The molecule has 1 aromatic carbocycles. The lowest BCUT2D eigenvalue weighted by Gasteiger charge is -2.30. The largest absolute Gasteiger partial charge is 0.378 e. The van der Waals surface area contributed by atoms with Gasteiger partial charge >= 0.3 is 0 Å². The van der Waals surface area contributed by atoms with Crippen LogP contribution in [0.1, 0.15) is 12.0 Å². The highest BCUT2D eigenvalue weighted by molar-refractivity contribution is 5.94. The van der Waals surface area contributed by atoms with E-state index in [1.165, 1.54) is 6.33 Å². The molecule has 0 radical (unpaired) electrons. The van der Waals surface area contributed by atoms with Gasteiger partial charge in [-0.3, -0.25) is 4.79 Å². The lowest BCUT2D eigenvalue weighted by Crippen LogP contribution is -2.36. The van der Waals surface area contributed by atoms with E-state index in [-0.39, 0.29) is 5.91 Å². The Morgan fingerprint density at radius 2 is 1.91 bits per heavy atom. The minimum atomic E-state index is -0.00503. The topological polar surface area (TPSA) is 67.4 Å². The van der Waals surface area contributed by atoms with Gasteiger partial charge in [0.25, 0.3) is 0 Å². The molecule has 0 bridgehead atoms. The second-order valence-electron chi connectivity index (χ2n) is 5.41. The Kier molecular flexibility index (Phi) is 5.16. The van der Waals surface area contributed by atoms with Crippen LogP contribution in [0.3, 0.4) is 0 Å². The summed E-state index contributed by atoms with van der Waals surface area (Å²) in [6, 6.07) is 7.90. The molecule has 0 atom stereocenters. The quantitative estimate of drug-likeness (QED) is 0.913. The summed E-state index contributed by atoms with van der Waals surface area (Å²) < 4.78 is 5.39. The average Bonchev–Trinajstić information content (AvgIpc) is 2.62. The summed E-state index contributed by atoms with van der Waals surface area (Å²) in [5.74, 6) is -0.00503. The van der Waals surface area contributed by atoms with Gasteiger partial charge in [-0.2, -0.15) is 0 Å². The van der Waals surface area contributed by atoms with E-state index < -0.39 is 0 Å². The van der Waals surface area contributed by atoms with E-state index in [1.807, 2.05) is 24.3 Å². The van der Waals surface area contributed by atoms with Crippen LogP contribution < -0.4 is 10.2 Å². The van der Waals surface area contributed by atoms with Crippen molar-refractivity contribution in [2.24, 2.45) is 0 Å². The van der Waals surface area contributed by atoms with Crippen molar-refractivity contribution in [2.45, 2.75) is 12.8 Å². The van der Waals surface area contributed by atoms with Crippen molar-refractivity contribution in [2.75, 3.05) is 36.5 Å². The van der Waals surface area contributed by atoms with E-state index in [0.29, 0.717) is 12.8 Å². The van der Waals surface area contributed by atoms with Crippen molar-refractivity contribution in [3.8, 4) is 0 Å². The van der Waals surface area contributed by atoms with E-state index in [4.69, 9.17) is 4.74 Å². The third-order valence-electron chi connectivity index (χ3n) is 3.78. The van der Waals surface area contributed by atoms with Gasteiger partial charge in [0.05, 0.1) is 24.6 Å². The third kappa shape index (κ3) is 4.26. The molecular formula is C17H20N4O2. The first kappa shape index (κ1) is 15.4. The molecule has 1 aliphatic heterocycles. The number of nitrogens with one attached hydrogen (secondary N) is 1. The smallest absolute Gasteiger partial charge is 0.224 e. The van der Waals surface area contributed by atoms with Crippen LogP contribution in [0, 0.1) is 0 Å². The first-order valence-electron chi connectivity index (χ1n) is 7.78. The molecule has 6 nitrogen and oxygen atoms in total. The van der Waals surface area contributed by atoms with E-state index >= 15 is 0 Å². The Bertz CT molecular complexity index is 642.